The van der Waals surface area contributed by atoms with Gasteiger partial charge in [-0.2, -0.15) is 5.26 Å². The molecule has 1 aliphatic rings. The van der Waals surface area contributed by atoms with Gasteiger partial charge < -0.3 is 9.47 Å². The summed E-state index contributed by atoms with van der Waals surface area (Å²) in [5.41, 5.74) is 2.76. The number of aliphatic imine (C=N–C) groups is 1. The Morgan fingerprint density at radius 1 is 1.00 bits per heavy atom. The van der Waals surface area contributed by atoms with Gasteiger partial charge in [0.2, 0.25) is 0 Å². The minimum atomic E-state index is -0.0802. The van der Waals surface area contributed by atoms with Crippen molar-refractivity contribution in [1.82, 2.24) is 4.90 Å². The van der Waals surface area contributed by atoms with Gasteiger partial charge in [0, 0.05) is 6.54 Å². The molecule has 0 spiro atoms. The summed E-state index contributed by atoms with van der Waals surface area (Å²) in [6, 6.07) is 27.1. The Bertz CT molecular complexity index is 1270. The molecule has 0 aliphatic carbocycles. The average molecular weight is 484 g/mol. The van der Waals surface area contributed by atoms with Crippen molar-refractivity contribution in [2.75, 3.05) is 19.8 Å². The summed E-state index contributed by atoms with van der Waals surface area (Å²) in [5, 5.41) is 9.47. The number of carbonyl (C=O) groups is 1. The maximum atomic E-state index is 13.4. The van der Waals surface area contributed by atoms with Gasteiger partial charge in [0.1, 0.15) is 6.07 Å². The molecule has 1 saturated heterocycles. The van der Waals surface area contributed by atoms with Gasteiger partial charge in [-0.25, -0.2) is 4.99 Å². The molecule has 35 heavy (non-hydrogen) atoms. The molecule has 1 amide bonds. The van der Waals surface area contributed by atoms with Gasteiger partial charge in [0.05, 0.1) is 17.2 Å². The zero-order valence-electron chi connectivity index (χ0n) is 19.4. The van der Waals surface area contributed by atoms with Crippen LogP contribution in [0.5, 0.6) is 11.5 Å². The van der Waals surface area contributed by atoms with Crippen molar-refractivity contribution in [1.29, 1.82) is 5.26 Å². The van der Waals surface area contributed by atoms with E-state index in [1.807, 2.05) is 79.7 Å². The largest absolute Gasteiger partial charge is 0.490 e. The van der Waals surface area contributed by atoms with Crippen molar-refractivity contribution in [2.45, 2.75) is 13.3 Å². The summed E-state index contributed by atoms with van der Waals surface area (Å²) >= 11 is 1.36. The highest BCUT2D eigenvalue weighted by atomic mass is 32.2. The normalized spacial score (nSPS) is 15.4. The van der Waals surface area contributed by atoms with Crippen molar-refractivity contribution in [3.8, 4) is 17.6 Å². The third-order valence-corrected chi connectivity index (χ3v) is 6.20. The first-order valence-corrected chi connectivity index (χ1v) is 12.1. The standard InChI is InChI=1S/C28H25N3O3S/c1-2-33-25-19-22(13-14-24(25)34-18-16-29)20-26-27(32)31(17-15-21-9-5-3-6-10-21)28(35-26)30-23-11-7-4-8-12-23/h3-14,19-20H,2,15,17-18H2,1H3/b26-20+,30-28?. The lowest BCUT2D eigenvalue weighted by Crippen LogP contribution is -2.31. The fraction of sp³-hybridized carbons (Fsp3) is 0.179. The fourth-order valence-corrected chi connectivity index (χ4v) is 4.58. The second kappa shape index (κ2) is 11.9. The molecule has 0 saturated carbocycles. The zero-order valence-corrected chi connectivity index (χ0v) is 20.2. The average Bonchev–Trinajstić information content (AvgIpc) is 3.17. The predicted molar refractivity (Wildman–Crippen MR) is 140 cm³/mol. The van der Waals surface area contributed by atoms with Crippen LogP contribution in [0.25, 0.3) is 6.08 Å². The molecule has 0 radical (unpaired) electrons. The number of thioether (sulfide) groups is 1. The van der Waals surface area contributed by atoms with Crippen molar-refractivity contribution < 1.29 is 14.3 Å². The maximum absolute atomic E-state index is 13.4. The summed E-state index contributed by atoms with van der Waals surface area (Å²) in [6.45, 7) is 2.80. The summed E-state index contributed by atoms with van der Waals surface area (Å²) < 4.78 is 11.1. The monoisotopic (exact) mass is 483 g/mol. The first kappa shape index (κ1) is 24.1. The molecule has 0 N–H and O–H groups in total. The van der Waals surface area contributed by atoms with Gasteiger partial charge in [-0.05, 0) is 66.6 Å². The van der Waals surface area contributed by atoms with Gasteiger partial charge in [-0.1, -0.05) is 54.6 Å². The highest BCUT2D eigenvalue weighted by molar-refractivity contribution is 8.18. The second-order valence-corrected chi connectivity index (χ2v) is 8.63. The first-order valence-electron chi connectivity index (χ1n) is 11.3. The molecule has 176 valence electrons. The van der Waals surface area contributed by atoms with Crippen LogP contribution in [0, 0.1) is 11.3 Å². The lowest BCUT2D eigenvalue weighted by atomic mass is 10.1. The summed E-state index contributed by atoms with van der Waals surface area (Å²) in [7, 11) is 0. The van der Waals surface area contributed by atoms with E-state index >= 15 is 0 Å². The lowest BCUT2D eigenvalue weighted by Gasteiger charge is -2.15. The number of hydrogen-bond donors (Lipinski definition) is 0. The van der Waals surface area contributed by atoms with Gasteiger partial charge in [-0.3, -0.25) is 9.69 Å². The second-order valence-electron chi connectivity index (χ2n) is 7.62. The molecule has 4 rings (SSSR count). The maximum Gasteiger partial charge on any atom is 0.266 e. The molecular weight excluding hydrogens is 458 g/mol. The number of hydrogen-bond acceptors (Lipinski definition) is 6. The van der Waals surface area contributed by atoms with Crippen LogP contribution in [-0.2, 0) is 11.2 Å². The third kappa shape index (κ3) is 6.31. The number of nitriles is 1. The number of amidine groups is 1. The fourth-order valence-electron chi connectivity index (χ4n) is 3.55. The Balaban J connectivity index is 1.62. The predicted octanol–water partition coefficient (Wildman–Crippen LogP) is 5.83. The van der Waals surface area contributed by atoms with E-state index in [4.69, 9.17) is 19.7 Å². The van der Waals surface area contributed by atoms with Crippen molar-refractivity contribution >= 4 is 34.6 Å². The highest BCUT2D eigenvalue weighted by Gasteiger charge is 2.33. The summed E-state index contributed by atoms with van der Waals surface area (Å²) in [4.78, 5) is 20.5. The van der Waals surface area contributed by atoms with E-state index in [0.29, 0.717) is 34.7 Å². The SMILES string of the molecule is CCOc1cc(/C=C2/SC(=Nc3ccccc3)N(CCc3ccccc3)C2=O)ccc1OCC#N. The molecular formula is C28H25N3O3S. The molecule has 0 aromatic heterocycles. The smallest absolute Gasteiger partial charge is 0.266 e. The van der Waals surface area contributed by atoms with E-state index in [1.165, 1.54) is 11.8 Å². The van der Waals surface area contributed by atoms with Crippen LogP contribution in [0.4, 0.5) is 5.69 Å². The van der Waals surface area contributed by atoms with E-state index < -0.39 is 0 Å². The number of ether oxygens (including phenoxy) is 2. The number of para-hydroxylation sites is 1. The molecule has 3 aromatic carbocycles. The van der Waals surface area contributed by atoms with Gasteiger partial charge in [-0.15, -0.1) is 0 Å². The summed E-state index contributed by atoms with van der Waals surface area (Å²) in [5.74, 6) is 0.951. The van der Waals surface area contributed by atoms with Crippen LogP contribution < -0.4 is 9.47 Å². The highest BCUT2D eigenvalue weighted by Crippen LogP contribution is 2.36. The minimum Gasteiger partial charge on any atom is -0.490 e. The molecule has 6 nitrogen and oxygen atoms in total. The molecule has 7 heteroatoms. The molecule has 0 unspecified atom stereocenters. The van der Waals surface area contributed by atoms with Crippen molar-refractivity contribution in [3.63, 3.8) is 0 Å². The molecule has 0 atom stereocenters. The molecule has 3 aromatic rings. The van der Waals surface area contributed by atoms with Gasteiger partial charge in [0.25, 0.3) is 5.91 Å². The van der Waals surface area contributed by atoms with Crippen LogP contribution in [0.1, 0.15) is 18.1 Å². The van der Waals surface area contributed by atoms with Gasteiger partial charge in [0.15, 0.2) is 23.3 Å². The number of rotatable bonds is 9. The van der Waals surface area contributed by atoms with Crippen molar-refractivity contribution in [3.05, 3.63) is 94.9 Å². The topological polar surface area (TPSA) is 74.9 Å². The van der Waals surface area contributed by atoms with E-state index in [2.05, 4.69) is 12.1 Å². The summed E-state index contributed by atoms with van der Waals surface area (Å²) in [6.07, 6.45) is 2.57. The van der Waals surface area contributed by atoms with E-state index in [0.717, 1.165) is 23.2 Å². The first-order chi connectivity index (χ1) is 17.2. The van der Waals surface area contributed by atoms with Crippen LogP contribution >= 0.6 is 11.8 Å². The molecule has 0 bridgehead atoms. The number of benzene rings is 3. The number of amides is 1. The Hall–Kier alpha value is -4.02. The van der Waals surface area contributed by atoms with Gasteiger partial charge >= 0.3 is 0 Å². The lowest BCUT2D eigenvalue weighted by molar-refractivity contribution is -0.122. The Kier molecular flexibility index (Phi) is 8.21. The molecule has 1 aliphatic heterocycles. The van der Waals surface area contributed by atoms with E-state index in [1.54, 1.807) is 11.0 Å². The molecule has 1 fully saturated rings. The number of nitrogens with zero attached hydrogens (tertiary/aromatic N) is 3. The zero-order chi connectivity index (χ0) is 24.5. The van der Waals surface area contributed by atoms with Crippen LogP contribution in [-0.4, -0.2) is 35.7 Å². The minimum absolute atomic E-state index is 0.0649. The quantitative estimate of drug-likeness (QED) is 0.358. The number of carbonyl (C=O) groups excluding carboxylic acids is 1. The Morgan fingerprint density at radius 2 is 1.74 bits per heavy atom. The van der Waals surface area contributed by atoms with Crippen molar-refractivity contribution in [2.24, 2.45) is 4.99 Å². The van der Waals surface area contributed by atoms with Crippen LogP contribution in [0.15, 0.2) is 88.8 Å². The third-order valence-electron chi connectivity index (χ3n) is 5.19. The Labute approximate surface area is 209 Å². The van der Waals surface area contributed by atoms with Crippen LogP contribution in [0.2, 0.25) is 0 Å². The van der Waals surface area contributed by atoms with E-state index in [-0.39, 0.29) is 12.5 Å². The van der Waals surface area contributed by atoms with Crippen LogP contribution in [0.3, 0.4) is 0 Å². The molecule has 1 heterocycles. The Morgan fingerprint density at radius 3 is 2.46 bits per heavy atom. The van der Waals surface area contributed by atoms with E-state index in [9.17, 15) is 4.79 Å².